The van der Waals surface area contributed by atoms with Gasteiger partial charge >= 0.3 is 0 Å². The van der Waals surface area contributed by atoms with E-state index in [4.69, 9.17) is 5.73 Å². The summed E-state index contributed by atoms with van der Waals surface area (Å²) in [6, 6.07) is 6.08. The highest BCUT2D eigenvalue weighted by Gasteiger charge is 2.04. The third kappa shape index (κ3) is 3.48. The molecule has 1 aromatic carbocycles. The first-order chi connectivity index (χ1) is 8.45. The molecule has 98 valence electrons. The summed E-state index contributed by atoms with van der Waals surface area (Å²) < 4.78 is 0. The van der Waals surface area contributed by atoms with Crippen molar-refractivity contribution in [3.05, 3.63) is 29.3 Å². The summed E-state index contributed by atoms with van der Waals surface area (Å²) in [7, 11) is 5.43. The molecule has 0 atom stereocenters. The highest BCUT2D eigenvalue weighted by atomic mass is 15.3. The number of hydrogen-bond donors (Lipinski definition) is 2. The van der Waals surface area contributed by atoms with Crippen molar-refractivity contribution in [2.24, 2.45) is 15.7 Å². The fraction of sp³-hybridized carbons (Fsp3) is 0.385. The van der Waals surface area contributed by atoms with Crippen molar-refractivity contribution in [1.82, 2.24) is 4.90 Å². The molecule has 0 aliphatic heterocycles. The number of nitrogens with two attached hydrogens (primary N) is 1. The number of aryl methyl sites for hydroxylation is 2. The van der Waals surface area contributed by atoms with Crippen molar-refractivity contribution in [1.29, 1.82) is 0 Å². The lowest BCUT2D eigenvalue weighted by Crippen LogP contribution is -2.29. The molecule has 3 N–H and O–H groups in total. The minimum atomic E-state index is 0.335. The molecule has 5 heteroatoms. The molecular formula is C13H21N5. The lowest BCUT2D eigenvalue weighted by Gasteiger charge is -2.14. The maximum atomic E-state index is 5.89. The smallest absolute Gasteiger partial charge is 0.223 e. The molecule has 1 rings (SSSR count). The van der Waals surface area contributed by atoms with E-state index in [0.717, 1.165) is 16.8 Å². The summed E-state index contributed by atoms with van der Waals surface area (Å²) in [4.78, 5) is 10.1. The van der Waals surface area contributed by atoms with Crippen LogP contribution >= 0.6 is 0 Å². The molecule has 0 saturated carbocycles. The van der Waals surface area contributed by atoms with Crippen LogP contribution in [-0.4, -0.2) is 38.0 Å². The average molecular weight is 247 g/mol. The van der Waals surface area contributed by atoms with Crippen molar-refractivity contribution in [3.63, 3.8) is 0 Å². The Bertz CT molecular complexity index is 454. The van der Waals surface area contributed by atoms with E-state index in [1.54, 1.807) is 11.9 Å². The summed E-state index contributed by atoms with van der Waals surface area (Å²) in [5, 5.41) is 3.12. The van der Waals surface area contributed by atoms with Crippen molar-refractivity contribution in [2.45, 2.75) is 13.8 Å². The standard InChI is InChI=1S/C13H21N5/c1-9-7-6-8-10(2)11(9)16-12(14)17-13(15-3)18(4)5/h6-8H,1-5H3,(H3,14,15,16,17). The number of aliphatic imine (C=N–C) groups is 2. The van der Waals surface area contributed by atoms with E-state index in [0.29, 0.717) is 11.9 Å². The van der Waals surface area contributed by atoms with E-state index in [1.165, 1.54) is 0 Å². The Morgan fingerprint density at radius 2 is 1.78 bits per heavy atom. The lowest BCUT2D eigenvalue weighted by molar-refractivity contribution is 0.613. The van der Waals surface area contributed by atoms with Gasteiger partial charge in [0, 0.05) is 26.8 Å². The quantitative estimate of drug-likeness (QED) is 0.585. The largest absolute Gasteiger partial charge is 0.369 e. The van der Waals surface area contributed by atoms with Gasteiger partial charge in [-0.2, -0.15) is 4.99 Å². The van der Waals surface area contributed by atoms with Crippen molar-refractivity contribution >= 4 is 17.6 Å². The number of rotatable bonds is 1. The molecule has 0 aromatic heterocycles. The summed E-state index contributed by atoms with van der Waals surface area (Å²) >= 11 is 0. The van der Waals surface area contributed by atoms with Gasteiger partial charge in [0.2, 0.25) is 11.9 Å². The van der Waals surface area contributed by atoms with Crippen LogP contribution in [0.25, 0.3) is 0 Å². The van der Waals surface area contributed by atoms with Gasteiger partial charge in [0.15, 0.2) is 0 Å². The second-order valence-electron chi connectivity index (χ2n) is 4.31. The van der Waals surface area contributed by atoms with E-state index in [-0.39, 0.29) is 0 Å². The highest BCUT2D eigenvalue weighted by Crippen LogP contribution is 2.18. The van der Waals surface area contributed by atoms with Gasteiger partial charge in [0.1, 0.15) is 0 Å². The van der Waals surface area contributed by atoms with Gasteiger partial charge in [-0.15, -0.1) is 0 Å². The van der Waals surface area contributed by atoms with Crippen LogP contribution in [0.3, 0.4) is 0 Å². The van der Waals surface area contributed by atoms with Crippen LogP contribution in [0.5, 0.6) is 0 Å². The Kier molecular flexibility index (Phi) is 4.71. The summed E-state index contributed by atoms with van der Waals surface area (Å²) in [5.74, 6) is 0.910. The molecule has 0 saturated heterocycles. The van der Waals surface area contributed by atoms with Crippen molar-refractivity contribution < 1.29 is 0 Å². The first-order valence-electron chi connectivity index (χ1n) is 5.77. The molecule has 5 nitrogen and oxygen atoms in total. The van der Waals surface area contributed by atoms with Gasteiger partial charge in [0.25, 0.3) is 0 Å². The van der Waals surface area contributed by atoms with Gasteiger partial charge in [0.05, 0.1) is 0 Å². The van der Waals surface area contributed by atoms with Crippen LogP contribution in [0.2, 0.25) is 0 Å². The van der Waals surface area contributed by atoms with Crippen LogP contribution in [0.4, 0.5) is 5.69 Å². The fourth-order valence-electron chi connectivity index (χ4n) is 1.63. The van der Waals surface area contributed by atoms with Crippen LogP contribution in [0, 0.1) is 13.8 Å². The minimum Gasteiger partial charge on any atom is -0.369 e. The van der Waals surface area contributed by atoms with E-state index < -0.39 is 0 Å². The number of para-hydroxylation sites is 1. The van der Waals surface area contributed by atoms with Crippen LogP contribution in [0.15, 0.2) is 28.2 Å². The van der Waals surface area contributed by atoms with E-state index >= 15 is 0 Å². The number of anilines is 1. The van der Waals surface area contributed by atoms with Gasteiger partial charge in [-0.25, -0.2) is 0 Å². The summed E-state index contributed by atoms with van der Waals surface area (Å²) in [5.41, 5.74) is 9.15. The maximum absolute atomic E-state index is 5.89. The van der Waals surface area contributed by atoms with E-state index in [9.17, 15) is 0 Å². The number of guanidine groups is 2. The van der Waals surface area contributed by atoms with Crippen molar-refractivity contribution in [2.75, 3.05) is 26.5 Å². The van der Waals surface area contributed by atoms with Crippen LogP contribution in [-0.2, 0) is 0 Å². The zero-order valence-corrected chi connectivity index (χ0v) is 11.7. The molecule has 0 unspecified atom stereocenters. The topological polar surface area (TPSA) is 66.0 Å². The Morgan fingerprint density at radius 3 is 2.22 bits per heavy atom. The summed E-state index contributed by atoms with van der Waals surface area (Å²) in [6.45, 7) is 4.06. The number of nitrogens with one attached hydrogen (secondary N) is 1. The molecular weight excluding hydrogens is 226 g/mol. The molecule has 0 bridgehead atoms. The Labute approximate surface area is 108 Å². The fourth-order valence-corrected chi connectivity index (χ4v) is 1.63. The van der Waals surface area contributed by atoms with E-state index in [1.807, 2.05) is 46.1 Å². The maximum Gasteiger partial charge on any atom is 0.223 e. The number of hydrogen-bond acceptors (Lipinski definition) is 1. The Hall–Kier alpha value is -2.04. The first kappa shape index (κ1) is 14.0. The third-order valence-corrected chi connectivity index (χ3v) is 2.55. The second-order valence-corrected chi connectivity index (χ2v) is 4.31. The molecule has 0 spiro atoms. The van der Waals surface area contributed by atoms with Crippen LogP contribution in [0.1, 0.15) is 11.1 Å². The number of nitrogens with zero attached hydrogens (tertiary/aromatic N) is 3. The monoisotopic (exact) mass is 247 g/mol. The van der Waals surface area contributed by atoms with Gasteiger partial charge < -0.3 is 16.0 Å². The molecule has 0 amide bonds. The zero-order valence-electron chi connectivity index (χ0n) is 11.7. The van der Waals surface area contributed by atoms with Crippen LogP contribution < -0.4 is 11.1 Å². The average Bonchev–Trinajstić information content (AvgIpc) is 2.30. The highest BCUT2D eigenvalue weighted by molar-refractivity contribution is 6.01. The molecule has 0 radical (unpaired) electrons. The predicted molar refractivity (Wildman–Crippen MR) is 78.2 cm³/mol. The Morgan fingerprint density at radius 1 is 1.22 bits per heavy atom. The van der Waals surface area contributed by atoms with Gasteiger partial charge in [-0.3, -0.25) is 4.99 Å². The summed E-state index contributed by atoms with van der Waals surface area (Å²) in [6.07, 6.45) is 0. The van der Waals surface area contributed by atoms with Crippen molar-refractivity contribution in [3.8, 4) is 0 Å². The van der Waals surface area contributed by atoms with Gasteiger partial charge in [-0.05, 0) is 25.0 Å². The predicted octanol–water partition coefficient (Wildman–Crippen LogP) is 1.58. The normalized spacial score (nSPS) is 12.5. The molecule has 1 aromatic rings. The second kappa shape index (κ2) is 6.05. The molecule has 0 aliphatic rings. The zero-order chi connectivity index (χ0) is 13.7. The number of benzene rings is 1. The van der Waals surface area contributed by atoms with E-state index in [2.05, 4.69) is 15.3 Å². The Balaban J connectivity index is 2.94. The lowest BCUT2D eigenvalue weighted by atomic mass is 10.1. The molecule has 0 aliphatic carbocycles. The van der Waals surface area contributed by atoms with Gasteiger partial charge in [-0.1, -0.05) is 18.2 Å². The third-order valence-electron chi connectivity index (χ3n) is 2.55. The first-order valence-corrected chi connectivity index (χ1v) is 5.77. The molecule has 18 heavy (non-hydrogen) atoms. The molecule has 0 fully saturated rings. The minimum absolute atomic E-state index is 0.335. The molecule has 0 heterocycles. The SMILES string of the molecule is CN=C(/N=C(\N)Nc1c(C)cccc1C)N(C)C.